The average molecular weight is 536 g/mol. The van der Waals surface area contributed by atoms with Crippen LogP contribution in [0, 0.1) is 0 Å². The quantitative estimate of drug-likeness (QED) is 0.555. The number of nitrogens with one attached hydrogen (secondary N) is 1. The monoisotopic (exact) mass is 535 g/mol. The fourth-order valence-corrected chi connectivity index (χ4v) is 6.24. The average Bonchev–Trinajstić information content (AvgIpc) is 3.29. The van der Waals surface area contributed by atoms with Crippen molar-refractivity contribution in [1.29, 1.82) is 0 Å². The lowest BCUT2D eigenvalue weighted by Crippen LogP contribution is -2.37. The van der Waals surface area contributed by atoms with Crippen LogP contribution in [-0.4, -0.2) is 60.0 Å². The van der Waals surface area contributed by atoms with Crippen molar-refractivity contribution in [1.82, 2.24) is 4.31 Å². The maximum Gasteiger partial charge on any atom is 0.245 e. The van der Waals surface area contributed by atoms with Crippen molar-refractivity contribution in [2.45, 2.75) is 17.7 Å². The number of halogens is 2. The summed E-state index contributed by atoms with van der Waals surface area (Å²) in [5, 5.41) is 2.87. The first kappa shape index (κ1) is 25.6. The molecule has 33 heavy (non-hydrogen) atoms. The van der Waals surface area contributed by atoms with Gasteiger partial charge < -0.3 is 10.1 Å². The molecule has 2 aromatic carbocycles. The molecule has 0 aliphatic carbocycles. The first-order chi connectivity index (χ1) is 15.4. The molecule has 9 nitrogen and oxygen atoms in total. The van der Waals surface area contributed by atoms with Gasteiger partial charge in [0, 0.05) is 18.1 Å². The maximum atomic E-state index is 12.9. The number of carbonyl (C=O) groups excluding carboxylic acids is 1. The number of anilines is 2. The molecule has 0 aromatic heterocycles. The van der Waals surface area contributed by atoms with Gasteiger partial charge in [0.25, 0.3) is 0 Å². The molecule has 1 amide bonds. The van der Waals surface area contributed by atoms with Crippen molar-refractivity contribution in [2.75, 3.05) is 42.6 Å². The second kappa shape index (κ2) is 10.1. The number of hydrogen-bond donors (Lipinski definition) is 1. The largest absolute Gasteiger partial charge is 0.495 e. The second-order valence-corrected chi connectivity index (χ2v) is 12.1. The highest BCUT2D eigenvalue weighted by Gasteiger charge is 2.29. The van der Waals surface area contributed by atoms with Crippen LogP contribution in [0.25, 0.3) is 0 Å². The fourth-order valence-electron chi connectivity index (χ4n) is 3.40. The van der Waals surface area contributed by atoms with E-state index in [9.17, 15) is 21.6 Å². The normalized spacial score (nSPS) is 14.8. The third kappa shape index (κ3) is 5.90. The number of ether oxygens (including phenoxy) is 1. The number of amides is 1. The summed E-state index contributed by atoms with van der Waals surface area (Å²) in [6.45, 7) is 0.241. The van der Waals surface area contributed by atoms with Crippen LogP contribution in [0.1, 0.15) is 12.8 Å². The highest BCUT2D eigenvalue weighted by Crippen LogP contribution is 2.32. The molecule has 180 valence electrons. The zero-order valence-electron chi connectivity index (χ0n) is 17.9. The van der Waals surface area contributed by atoms with E-state index in [1.807, 2.05) is 0 Å². The van der Waals surface area contributed by atoms with Gasteiger partial charge >= 0.3 is 0 Å². The van der Waals surface area contributed by atoms with E-state index in [1.165, 1.54) is 47.8 Å². The number of sulfonamides is 2. The van der Waals surface area contributed by atoms with Gasteiger partial charge in [0.05, 0.1) is 34.7 Å². The Bertz CT molecular complexity index is 1260. The van der Waals surface area contributed by atoms with E-state index in [0.29, 0.717) is 13.1 Å². The summed E-state index contributed by atoms with van der Waals surface area (Å²) in [6.07, 6.45) is 2.50. The van der Waals surface area contributed by atoms with Crippen LogP contribution in [0.3, 0.4) is 0 Å². The summed E-state index contributed by atoms with van der Waals surface area (Å²) < 4.78 is 58.0. The van der Waals surface area contributed by atoms with Gasteiger partial charge in [-0.1, -0.05) is 23.2 Å². The summed E-state index contributed by atoms with van der Waals surface area (Å²) >= 11 is 12.1. The predicted molar refractivity (Wildman–Crippen MR) is 128 cm³/mol. The minimum Gasteiger partial charge on any atom is -0.495 e. The van der Waals surface area contributed by atoms with E-state index in [1.54, 1.807) is 0 Å². The molecule has 0 atom stereocenters. The van der Waals surface area contributed by atoms with Crippen LogP contribution in [0.5, 0.6) is 5.75 Å². The van der Waals surface area contributed by atoms with Crippen LogP contribution in [0.15, 0.2) is 41.3 Å². The number of carbonyl (C=O) groups is 1. The summed E-state index contributed by atoms with van der Waals surface area (Å²) in [7, 11) is -6.27. The SMILES string of the molecule is COc1ccc(S(=O)(=O)N2CCCC2)cc1NC(=O)CN(c1cc(Cl)ccc1Cl)S(C)(=O)=O. The summed E-state index contributed by atoms with van der Waals surface area (Å²) in [6, 6.07) is 8.37. The number of hydrogen-bond acceptors (Lipinski definition) is 6. The Morgan fingerprint density at radius 3 is 2.36 bits per heavy atom. The van der Waals surface area contributed by atoms with Crippen LogP contribution < -0.4 is 14.4 Å². The lowest BCUT2D eigenvalue weighted by atomic mass is 10.3. The molecular formula is C20H23Cl2N3O6S2. The number of benzene rings is 2. The third-order valence-corrected chi connectivity index (χ3v) is 8.59. The number of nitrogens with zero attached hydrogens (tertiary/aromatic N) is 2. The van der Waals surface area contributed by atoms with Crippen LogP contribution in [-0.2, 0) is 24.8 Å². The Hall–Kier alpha value is -2.05. The highest BCUT2D eigenvalue weighted by molar-refractivity contribution is 7.92. The summed E-state index contributed by atoms with van der Waals surface area (Å²) in [4.78, 5) is 12.8. The Morgan fingerprint density at radius 2 is 1.76 bits per heavy atom. The lowest BCUT2D eigenvalue weighted by Gasteiger charge is -2.23. The minimum atomic E-state index is -3.91. The third-order valence-electron chi connectivity index (χ3n) is 5.01. The molecule has 1 saturated heterocycles. The van der Waals surface area contributed by atoms with Crippen molar-refractivity contribution < 1.29 is 26.4 Å². The van der Waals surface area contributed by atoms with E-state index in [-0.39, 0.29) is 32.1 Å². The van der Waals surface area contributed by atoms with Crippen LogP contribution in [0.4, 0.5) is 11.4 Å². The first-order valence-electron chi connectivity index (χ1n) is 9.84. The van der Waals surface area contributed by atoms with Gasteiger partial charge in [0.1, 0.15) is 12.3 Å². The molecule has 1 aliphatic heterocycles. The molecule has 3 rings (SSSR count). The molecule has 0 radical (unpaired) electrons. The van der Waals surface area contributed by atoms with Gasteiger partial charge in [-0.25, -0.2) is 16.8 Å². The van der Waals surface area contributed by atoms with E-state index >= 15 is 0 Å². The molecule has 0 unspecified atom stereocenters. The maximum absolute atomic E-state index is 12.9. The molecule has 0 saturated carbocycles. The molecule has 1 aliphatic rings. The Kier molecular flexibility index (Phi) is 7.80. The topological polar surface area (TPSA) is 113 Å². The Balaban J connectivity index is 1.90. The van der Waals surface area contributed by atoms with E-state index in [4.69, 9.17) is 27.9 Å². The van der Waals surface area contributed by atoms with Gasteiger partial charge in [0.2, 0.25) is 26.0 Å². The van der Waals surface area contributed by atoms with Crippen molar-refractivity contribution in [2.24, 2.45) is 0 Å². The Labute approximate surface area is 203 Å². The van der Waals surface area contributed by atoms with Crippen molar-refractivity contribution in [3.8, 4) is 5.75 Å². The number of methoxy groups -OCH3 is 1. The molecule has 1 N–H and O–H groups in total. The standard InChI is InChI=1S/C20H23Cl2N3O6S2/c1-31-19-8-6-15(33(29,30)24-9-3-4-10-24)12-17(19)23-20(26)13-25(32(2,27)28)18-11-14(21)5-7-16(18)22/h5-8,11-12H,3-4,9-10,13H2,1-2H3,(H,23,26). The van der Waals surface area contributed by atoms with Gasteiger partial charge in [-0.2, -0.15) is 4.31 Å². The van der Waals surface area contributed by atoms with Crippen LogP contribution >= 0.6 is 23.2 Å². The zero-order valence-corrected chi connectivity index (χ0v) is 21.1. The van der Waals surface area contributed by atoms with Crippen molar-refractivity contribution in [3.05, 3.63) is 46.4 Å². The van der Waals surface area contributed by atoms with E-state index in [2.05, 4.69) is 5.32 Å². The fraction of sp³-hybridized carbons (Fsp3) is 0.350. The molecule has 0 bridgehead atoms. The van der Waals surface area contributed by atoms with E-state index < -0.39 is 32.5 Å². The first-order valence-corrected chi connectivity index (χ1v) is 13.9. The summed E-state index contributed by atoms with van der Waals surface area (Å²) in [5.74, 6) is -0.513. The van der Waals surface area contributed by atoms with Gasteiger partial charge in [0.15, 0.2) is 0 Å². The molecule has 2 aromatic rings. The van der Waals surface area contributed by atoms with Crippen molar-refractivity contribution in [3.63, 3.8) is 0 Å². The van der Waals surface area contributed by atoms with Gasteiger partial charge in [-0.05, 0) is 49.2 Å². The molecule has 13 heteroatoms. The Morgan fingerprint density at radius 1 is 1.09 bits per heavy atom. The van der Waals surface area contributed by atoms with Gasteiger partial charge in [-0.3, -0.25) is 9.10 Å². The minimum absolute atomic E-state index is 0.00152. The molecule has 1 heterocycles. The second-order valence-electron chi connectivity index (χ2n) is 7.39. The highest BCUT2D eigenvalue weighted by atomic mass is 35.5. The number of rotatable bonds is 8. The molecular weight excluding hydrogens is 513 g/mol. The predicted octanol–water partition coefficient (Wildman–Crippen LogP) is 3.19. The van der Waals surface area contributed by atoms with Crippen LogP contribution in [0.2, 0.25) is 10.0 Å². The lowest BCUT2D eigenvalue weighted by molar-refractivity contribution is -0.114. The van der Waals surface area contributed by atoms with E-state index in [0.717, 1.165) is 23.4 Å². The smallest absolute Gasteiger partial charge is 0.245 e. The zero-order chi connectivity index (χ0) is 24.4. The molecule has 0 spiro atoms. The molecule has 1 fully saturated rings. The van der Waals surface area contributed by atoms with Gasteiger partial charge in [-0.15, -0.1) is 0 Å². The summed E-state index contributed by atoms with van der Waals surface area (Å²) in [5.41, 5.74) is 0.132. The van der Waals surface area contributed by atoms with Crippen molar-refractivity contribution >= 4 is 60.5 Å².